The average Bonchev–Trinajstić information content (AvgIpc) is 2.20. The van der Waals surface area contributed by atoms with Crippen molar-refractivity contribution in [2.75, 3.05) is 0 Å². The smallest absolute Gasteiger partial charge is 0.303 e. The van der Waals surface area contributed by atoms with Gasteiger partial charge >= 0.3 is 5.97 Å². The van der Waals surface area contributed by atoms with Crippen molar-refractivity contribution in [3.8, 4) is 17.9 Å². The van der Waals surface area contributed by atoms with Crippen molar-refractivity contribution in [2.45, 2.75) is 38.5 Å². The number of nitrogens with zero attached hydrogens (tertiary/aromatic N) is 1. The zero-order valence-electron chi connectivity index (χ0n) is 8.70. The van der Waals surface area contributed by atoms with E-state index in [-0.39, 0.29) is 6.42 Å². The van der Waals surface area contributed by atoms with Gasteiger partial charge in [0.15, 0.2) is 0 Å². The van der Waals surface area contributed by atoms with Crippen LogP contribution in [0.4, 0.5) is 0 Å². The highest BCUT2D eigenvalue weighted by Gasteiger charge is 1.93. The van der Waals surface area contributed by atoms with Crippen molar-refractivity contribution in [1.29, 1.82) is 5.26 Å². The molecule has 80 valence electrons. The van der Waals surface area contributed by atoms with Gasteiger partial charge in [-0.3, -0.25) is 4.79 Å². The SMILES string of the molecule is N#C/C=C\CCC#CCCCCC(=O)O. The highest BCUT2D eigenvalue weighted by molar-refractivity contribution is 5.66. The van der Waals surface area contributed by atoms with Gasteiger partial charge in [-0.05, 0) is 19.3 Å². The van der Waals surface area contributed by atoms with E-state index < -0.39 is 5.97 Å². The number of unbranched alkanes of at least 4 members (excludes halogenated alkanes) is 3. The number of carboxylic acids is 1. The molecule has 15 heavy (non-hydrogen) atoms. The first-order valence-electron chi connectivity index (χ1n) is 4.99. The third-order valence-electron chi connectivity index (χ3n) is 1.70. The summed E-state index contributed by atoms with van der Waals surface area (Å²) in [5.41, 5.74) is 0. The lowest BCUT2D eigenvalue weighted by atomic mass is 10.2. The highest BCUT2D eigenvalue weighted by Crippen LogP contribution is 1.98. The highest BCUT2D eigenvalue weighted by atomic mass is 16.4. The van der Waals surface area contributed by atoms with Crippen LogP contribution >= 0.6 is 0 Å². The van der Waals surface area contributed by atoms with Gasteiger partial charge in [0.1, 0.15) is 0 Å². The van der Waals surface area contributed by atoms with E-state index in [9.17, 15) is 4.79 Å². The van der Waals surface area contributed by atoms with Crippen molar-refractivity contribution in [1.82, 2.24) is 0 Å². The van der Waals surface area contributed by atoms with Crippen molar-refractivity contribution < 1.29 is 9.90 Å². The van der Waals surface area contributed by atoms with E-state index in [0.29, 0.717) is 6.42 Å². The standard InChI is InChI=1S/C12H15NO2/c13-11-9-7-5-3-1-2-4-6-8-10-12(14)15/h7,9H,3-6,8,10H2,(H,14,15)/b9-7-. The molecule has 0 aliphatic heterocycles. The molecule has 0 bridgehead atoms. The molecule has 0 spiro atoms. The predicted molar refractivity (Wildman–Crippen MR) is 57.9 cm³/mol. The van der Waals surface area contributed by atoms with Gasteiger partial charge in [0.05, 0.1) is 6.07 Å². The molecule has 0 aromatic rings. The molecular weight excluding hydrogens is 190 g/mol. The Morgan fingerprint density at radius 2 is 2.00 bits per heavy atom. The van der Waals surface area contributed by atoms with E-state index in [0.717, 1.165) is 25.7 Å². The van der Waals surface area contributed by atoms with Crippen LogP contribution in [0.15, 0.2) is 12.2 Å². The first-order valence-corrected chi connectivity index (χ1v) is 4.99. The number of aliphatic carboxylic acids is 1. The number of carboxylic acid groups (broad SMARTS) is 1. The lowest BCUT2D eigenvalue weighted by Crippen LogP contribution is -1.92. The van der Waals surface area contributed by atoms with Gasteiger partial charge in [0, 0.05) is 25.3 Å². The van der Waals surface area contributed by atoms with E-state index in [4.69, 9.17) is 10.4 Å². The Labute approximate surface area is 90.4 Å². The normalized spacial score (nSPS) is 9.27. The van der Waals surface area contributed by atoms with Crippen LogP contribution in [0.3, 0.4) is 0 Å². The van der Waals surface area contributed by atoms with Crippen LogP contribution in [-0.2, 0) is 4.79 Å². The van der Waals surface area contributed by atoms with Crippen molar-refractivity contribution in [2.24, 2.45) is 0 Å². The van der Waals surface area contributed by atoms with Crippen molar-refractivity contribution >= 4 is 5.97 Å². The molecule has 0 aliphatic rings. The van der Waals surface area contributed by atoms with E-state index >= 15 is 0 Å². The maximum Gasteiger partial charge on any atom is 0.303 e. The number of carbonyl (C=O) groups is 1. The minimum absolute atomic E-state index is 0.229. The van der Waals surface area contributed by atoms with Crippen molar-refractivity contribution in [3.05, 3.63) is 12.2 Å². The van der Waals surface area contributed by atoms with Crippen LogP contribution in [0.1, 0.15) is 38.5 Å². The summed E-state index contributed by atoms with van der Waals surface area (Å²) in [6, 6.07) is 1.91. The minimum Gasteiger partial charge on any atom is -0.481 e. The maximum atomic E-state index is 10.2. The van der Waals surface area contributed by atoms with E-state index in [1.807, 2.05) is 6.07 Å². The molecule has 0 saturated heterocycles. The average molecular weight is 205 g/mol. The molecule has 1 N–H and O–H groups in total. The molecule has 0 unspecified atom stereocenters. The molecule has 0 heterocycles. The van der Waals surface area contributed by atoms with Crippen LogP contribution in [0.2, 0.25) is 0 Å². The molecule has 0 aromatic carbocycles. The Kier molecular flexibility index (Phi) is 9.14. The quantitative estimate of drug-likeness (QED) is 0.411. The third-order valence-corrected chi connectivity index (χ3v) is 1.70. The number of allylic oxidation sites excluding steroid dienone is 2. The molecular formula is C12H15NO2. The Balaban J connectivity index is 3.28. The molecule has 0 rings (SSSR count). The molecule has 0 saturated carbocycles. The fraction of sp³-hybridized carbons (Fsp3) is 0.500. The lowest BCUT2D eigenvalue weighted by molar-refractivity contribution is -0.137. The van der Waals surface area contributed by atoms with Crippen LogP contribution < -0.4 is 0 Å². The largest absolute Gasteiger partial charge is 0.481 e. The van der Waals surface area contributed by atoms with E-state index in [2.05, 4.69) is 11.8 Å². The van der Waals surface area contributed by atoms with E-state index in [1.165, 1.54) is 6.08 Å². The summed E-state index contributed by atoms with van der Waals surface area (Å²) in [7, 11) is 0. The zero-order valence-corrected chi connectivity index (χ0v) is 8.70. The molecule has 0 fully saturated rings. The second-order valence-corrected chi connectivity index (χ2v) is 3.02. The lowest BCUT2D eigenvalue weighted by Gasteiger charge is -1.90. The molecule has 0 aromatic heterocycles. The molecule has 3 heteroatoms. The summed E-state index contributed by atoms with van der Waals surface area (Å²) in [5, 5.41) is 16.6. The Morgan fingerprint density at radius 3 is 2.67 bits per heavy atom. The molecule has 0 radical (unpaired) electrons. The fourth-order valence-electron chi connectivity index (χ4n) is 0.958. The van der Waals surface area contributed by atoms with Gasteiger partial charge < -0.3 is 5.11 Å². The van der Waals surface area contributed by atoms with Crippen LogP contribution in [0.5, 0.6) is 0 Å². The third kappa shape index (κ3) is 12.3. The second-order valence-electron chi connectivity index (χ2n) is 3.02. The number of nitriles is 1. The fourth-order valence-corrected chi connectivity index (χ4v) is 0.958. The molecule has 0 amide bonds. The molecule has 0 aliphatic carbocycles. The first-order chi connectivity index (χ1) is 7.27. The summed E-state index contributed by atoms with van der Waals surface area (Å²) in [4.78, 5) is 10.2. The van der Waals surface area contributed by atoms with Crippen LogP contribution in [0.25, 0.3) is 0 Å². The Morgan fingerprint density at radius 1 is 1.27 bits per heavy atom. The minimum atomic E-state index is -0.746. The maximum absolute atomic E-state index is 10.2. The van der Waals surface area contributed by atoms with Gasteiger partial charge in [-0.15, -0.1) is 11.8 Å². The van der Waals surface area contributed by atoms with Gasteiger partial charge in [-0.25, -0.2) is 0 Å². The second kappa shape index (κ2) is 10.3. The Hall–Kier alpha value is -1.74. The zero-order chi connectivity index (χ0) is 11.4. The van der Waals surface area contributed by atoms with E-state index in [1.54, 1.807) is 6.08 Å². The predicted octanol–water partition coefficient (Wildman–Crippen LogP) is 2.49. The summed E-state index contributed by atoms with van der Waals surface area (Å²) in [6.07, 6.45) is 7.33. The van der Waals surface area contributed by atoms with Crippen LogP contribution in [-0.4, -0.2) is 11.1 Å². The summed E-state index contributed by atoms with van der Waals surface area (Å²) in [5.74, 6) is 5.20. The number of rotatable bonds is 6. The van der Waals surface area contributed by atoms with Gasteiger partial charge in [-0.1, -0.05) is 6.08 Å². The Bertz CT molecular complexity index is 302. The summed E-state index contributed by atoms with van der Waals surface area (Å²) in [6.45, 7) is 0. The van der Waals surface area contributed by atoms with Crippen LogP contribution in [0, 0.1) is 23.2 Å². The number of hydrogen-bond acceptors (Lipinski definition) is 2. The molecule has 3 nitrogen and oxygen atoms in total. The monoisotopic (exact) mass is 205 g/mol. The summed E-state index contributed by atoms with van der Waals surface area (Å²) >= 11 is 0. The first kappa shape index (κ1) is 13.3. The number of hydrogen-bond donors (Lipinski definition) is 1. The molecule has 0 atom stereocenters. The van der Waals surface area contributed by atoms with Gasteiger partial charge in [-0.2, -0.15) is 5.26 Å². The van der Waals surface area contributed by atoms with Gasteiger partial charge in [0.2, 0.25) is 0 Å². The summed E-state index contributed by atoms with van der Waals surface area (Å²) < 4.78 is 0. The topological polar surface area (TPSA) is 61.1 Å². The van der Waals surface area contributed by atoms with Gasteiger partial charge in [0.25, 0.3) is 0 Å². The van der Waals surface area contributed by atoms with Crippen molar-refractivity contribution in [3.63, 3.8) is 0 Å².